The van der Waals surface area contributed by atoms with Gasteiger partial charge in [0.15, 0.2) is 0 Å². The molecular formula is C7H11O4. The van der Waals surface area contributed by atoms with Crippen LogP contribution in [-0.4, -0.2) is 26.0 Å². The van der Waals surface area contributed by atoms with Crippen LogP contribution in [-0.2, 0) is 18.9 Å². The summed E-state index contributed by atoms with van der Waals surface area (Å²) < 4.78 is 20.7. The van der Waals surface area contributed by atoms with E-state index < -0.39 is 6.16 Å². The molecule has 0 saturated carbocycles. The van der Waals surface area contributed by atoms with Crippen molar-refractivity contribution in [3.05, 3.63) is 6.61 Å². The first kappa shape index (κ1) is 7.49. The molecule has 4 nitrogen and oxygen atoms in total. The van der Waals surface area contributed by atoms with Gasteiger partial charge in [-0.05, 0) is 6.42 Å². The molecule has 2 aliphatic heterocycles. The summed E-state index contributed by atoms with van der Waals surface area (Å²) in [6.07, 6.45) is 0.486. The minimum absolute atomic E-state index is 0.597. The Kier molecular flexibility index (Phi) is 2.09. The van der Waals surface area contributed by atoms with E-state index in [1.165, 1.54) is 0 Å². The summed E-state index contributed by atoms with van der Waals surface area (Å²) in [7, 11) is 0. The highest BCUT2D eigenvalue weighted by molar-refractivity contribution is 4.62. The van der Waals surface area contributed by atoms with Gasteiger partial charge in [-0.1, -0.05) is 0 Å². The van der Waals surface area contributed by atoms with Crippen LogP contribution in [0, 0.1) is 6.61 Å². The molecular weight excluding hydrogens is 148 g/mol. The fraction of sp³-hybridized carbons (Fsp3) is 0.857. The lowest BCUT2D eigenvalue weighted by Crippen LogP contribution is -2.47. The minimum atomic E-state index is -1.20. The maximum atomic E-state index is 5.21. The summed E-state index contributed by atoms with van der Waals surface area (Å²) in [5, 5.41) is 0. The summed E-state index contributed by atoms with van der Waals surface area (Å²) in [6.45, 7) is 3.52. The van der Waals surface area contributed by atoms with Gasteiger partial charge in [-0.2, -0.15) is 0 Å². The first-order valence-corrected chi connectivity index (χ1v) is 3.83. The van der Waals surface area contributed by atoms with Crippen molar-refractivity contribution >= 4 is 0 Å². The lowest BCUT2D eigenvalue weighted by molar-refractivity contribution is -0.514. The summed E-state index contributed by atoms with van der Waals surface area (Å²) in [6, 6.07) is 0. The van der Waals surface area contributed by atoms with Crippen LogP contribution >= 0.6 is 0 Å². The van der Waals surface area contributed by atoms with Crippen LogP contribution in [0.5, 0.6) is 0 Å². The Morgan fingerprint density at radius 3 is 2.36 bits per heavy atom. The lowest BCUT2D eigenvalue weighted by atomic mass is 10.4. The molecule has 2 heterocycles. The molecule has 63 valence electrons. The zero-order chi connectivity index (χ0) is 7.57. The molecule has 0 atom stereocenters. The van der Waals surface area contributed by atoms with Gasteiger partial charge >= 0.3 is 6.16 Å². The molecule has 0 aromatic heterocycles. The molecule has 0 aromatic carbocycles. The third kappa shape index (κ3) is 1.54. The third-order valence-electron chi connectivity index (χ3n) is 1.59. The molecule has 0 N–H and O–H groups in total. The van der Waals surface area contributed by atoms with Gasteiger partial charge in [0.1, 0.15) is 0 Å². The second-order valence-electron chi connectivity index (χ2n) is 2.47. The summed E-state index contributed by atoms with van der Waals surface area (Å²) >= 11 is 0. The first-order chi connectivity index (χ1) is 5.41. The molecule has 2 rings (SSSR count). The maximum absolute atomic E-state index is 5.21. The van der Waals surface area contributed by atoms with E-state index in [-0.39, 0.29) is 0 Å². The van der Waals surface area contributed by atoms with Gasteiger partial charge in [0.2, 0.25) is 0 Å². The summed E-state index contributed by atoms with van der Waals surface area (Å²) in [5.74, 6) is 0. The number of rotatable bonds is 0. The Morgan fingerprint density at radius 2 is 1.73 bits per heavy atom. The Labute approximate surface area is 65.4 Å². The predicted molar refractivity (Wildman–Crippen MR) is 35.2 cm³/mol. The van der Waals surface area contributed by atoms with Crippen LogP contribution in [0.25, 0.3) is 0 Å². The van der Waals surface area contributed by atoms with Crippen LogP contribution in [0.15, 0.2) is 0 Å². The Bertz CT molecular complexity index is 105. The molecule has 1 spiro atoms. The first-order valence-electron chi connectivity index (χ1n) is 3.83. The summed E-state index contributed by atoms with van der Waals surface area (Å²) in [5.41, 5.74) is 0. The second-order valence-corrected chi connectivity index (χ2v) is 2.47. The van der Waals surface area contributed by atoms with Crippen molar-refractivity contribution < 1.29 is 18.9 Å². The van der Waals surface area contributed by atoms with Gasteiger partial charge in [0.25, 0.3) is 0 Å². The third-order valence-corrected chi connectivity index (χ3v) is 1.59. The van der Waals surface area contributed by atoms with Gasteiger partial charge in [-0.25, -0.2) is 0 Å². The van der Waals surface area contributed by atoms with E-state index in [0.717, 1.165) is 12.8 Å². The monoisotopic (exact) mass is 159 g/mol. The quantitative estimate of drug-likeness (QED) is 0.519. The highest BCUT2D eigenvalue weighted by Crippen LogP contribution is 2.26. The molecule has 0 aromatic rings. The number of ether oxygens (including phenoxy) is 4. The van der Waals surface area contributed by atoms with Gasteiger partial charge in [-0.15, -0.1) is 0 Å². The molecule has 1 radical (unpaired) electrons. The van der Waals surface area contributed by atoms with E-state index in [1.54, 1.807) is 6.61 Å². The van der Waals surface area contributed by atoms with Crippen LogP contribution in [0.2, 0.25) is 0 Å². The Morgan fingerprint density at radius 1 is 1.00 bits per heavy atom. The minimum Gasteiger partial charge on any atom is -0.303 e. The van der Waals surface area contributed by atoms with Gasteiger partial charge in [0, 0.05) is 6.42 Å². The lowest BCUT2D eigenvalue weighted by Gasteiger charge is -2.37. The van der Waals surface area contributed by atoms with E-state index in [1.807, 2.05) is 0 Å². The average molecular weight is 159 g/mol. The highest BCUT2D eigenvalue weighted by Gasteiger charge is 2.40. The highest BCUT2D eigenvalue weighted by atomic mass is 17.0. The molecule has 11 heavy (non-hydrogen) atoms. The van der Waals surface area contributed by atoms with E-state index in [4.69, 9.17) is 18.9 Å². The van der Waals surface area contributed by atoms with Crippen molar-refractivity contribution in [2.24, 2.45) is 0 Å². The largest absolute Gasteiger partial charge is 0.413 e. The summed E-state index contributed by atoms with van der Waals surface area (Å²) in [4.78, 5) is 0. The zero-order valence-corrected chi connectivity index (χ0v) is 6.25. The maximum Gasteiger partial charge on any atom is 0.413 e. The normalized spacial score (nSPS) is 30.5. The van der Waals surface area contributed by atoms with Crippen LogP contribution in [0.3, 0.4) is 0 Å². The molecule has 0 bridgehead atoms. The van der Waals surface area contributed by atoms with E-state index >= 15 is 0 Å². The topological polar surface area (TPSA) is 36.9 Å². The fourth-order valence-corrected chi connectivity index (χ4v) is 1.07. The smallest absolute Gasteiger partial charge is 0.303 e. The van der Waals surface area contributed by atoms with Gasteiger partial charge in [0.05, 0.1) is 26.4 Å². The van der Waals surface area contributed by atoms with Crippen LogP contribution < -0.4 is 0 Å². The second kappa shape index (κ2) is 3.06. The van der Waals surface area contributed by atoms with Crippen molar-refractivity contribution in [1.29, 1.82) is 0 Å². The zero-order valence-electron chi connectivity index (χ0n) is 6.25. The van der Waals surface area contributed by atoms with Crippen molar-refractivity contribution in [1.82, 2.24) is 0 Å². The van der Waals surface area contributed by atoms with Crippen molar-refractivity contribution in [2.75, 3.05) is 19.8 Å². The number of hydrogen-bond donors (Lipinski definition) is 0. The predicted octanol–water partition coefficient (Wildman–Crippen LogP) is 0.633. The van der Waals surface area contributed by atoms with Gasteiger partial charge in [-0.3, -0.25) is 4.74 Å². The van der Waals surface area contributed by atoms with Crippen molar-refractivity contribution in [3.8, 4) is 0 Å². The van der Waals surface area contributed by atoms with Crippen LogP contribution in [0.4, 0.5) is 0 Å². The molecule has 2 fully saturated rings. The Hall–Kier alpha value is -0.160. The van der Waals surface area contributed by atoms with Crippen LogP contribution in [0.1, 0.15) is 12.8 Å². The van der Waals surface area contributed by atoms with Crippen molar-refractivity contribution in [2.45, 2.75) is 19.0 Å². The van der Waals surface area contributed by atoms with Gasteiger partial charge < -0.3 is 14.2 Å². The number of hydrogen-bond acceptors (Lipinski definition) is 4. The van der Waals surface area contributed by atoms with E-state index in [2.05, 4.69) is 0 Å². The SMILES string of the molecule is [CH]1CCOC2(O1)OCCCO2. The molecule has 4 heteroatoms. The standard InChI is InChI=1S/C7H11O4/c1-3-8-7(9-4-1)10-5-2-6-11-7/h3H,1-2,4-6H2. The molecule has 2 saturated heterocycles. The fourth-order valence-electron chi connectivity index (χ4n) is 1.07. The van der Waals surface area contributed by atoms with Crippen molar-refractivity contribution in [3.63, 3.8) is 0 Å². The molecule has 0 amide bonds. The van der Waals surface area contributed by atoms with E-state index in [0.29, 0.717) is 19.8 Å². The van der Waals surface area contributed by atoms with E-state index in [9.17, 15) is 0 Å². The average Bonchev–Trinajstić information content (AvgIpc) is 2.07. The molecule has 2 aliphatic rings. The molecule has 0 aliphatic carbocycles. The molecule has 0 unspecified atom stereocenters. The Balaban J connectivity index is 1.94.